The van der Waals surface area contributed by atoms with Crippen LogP contribution in [0.15, 0.2) is 0 Å². The number of amides is 1. The van der Waals surface area contributed by atoms with Crippen LogP contribution < -0.4 is 5.32 Å². The van der Waals surface area contributed by atoms with E-state index >= 15 is 0 Å². The molecule has 1 aliphatic rings. The SMILES string of the molecule is CC(=O)Nc1sc(=S)c2c(c1C#N)CCC(C)C2. The van der Waals surface area contributed by atoms with Crippen LogP contribution in [-0.2, 0) is 17.6 Å². The van der Waals surface area contributed by atoms with Crippen LogP contribution in [-0.4, -0.2) is 5.91 Å². The van der Waals surface area contributed by atoms with Crippen molar-refractivity contribution in [3.8, 4) is 6.07 Å². The standard InChI is InChI=1S/C13H14N2OS2/c1-7-3-4-9-10(5-7)13(17)18-12(11(9)6-14)15-8(2)16/h7H,3-5H2,1-2H3,(H,15,16). The fourth-order valence-corrected chi connectivity index (χ4v) is 3.74. The van der Waals surface area contributed by atoms with Gasteiger partial charge in [0.1, 0.15) is 11.1 Å². The van der Waals surface area contributed by atoms with Crippen LogP contribution in [0.4, 0.5) is 5.00 Å². The van der Waals surface area contributed by atoms with Gasteiger partial charge in [-0.1, -0.05) is 19.1 Å². The molecule has 0 spiro atoms. The highest BCUT2D eigenvalue weighted by molar-refractivity contribution is 7.73. The lowest BCUT2D eigenvalue weighted by Crippen LogP contribution is -2.15. The number of hydrogen-bond donors (Lipinski definition) is 1. The zero-order valence-electron chi connectivity index (χ0n) is 10.4. The Morgan fingerprint density at radius 1 is 1.56 bits per heavy atom. The fourth-order valence-electron chi connectivity index (χ4n) is 2.31. The summed E-state index contributed by atoms with van der Waals surface area (Å²) in [6.07, 6.45) is 2.90. The van der Waals surface area contributed by atoms with Crippen molar-refractivity contribution < 1.29 is 4.79 Å². The van der Waals surface area contributed by atoms with E-state index in [0.717, 1.165) is 34.2 Å². The third-order valence-electron chi connectivity index (χ3n) is 3.18. The van der Waals surface area contributed by atoms with Crippen molar-refractivity contribution in [2.75, 3.05) is 5.32 Å². The van der Waals surface area contributed by atoms with Gasteiger partial charge in [-0.2, -0.15) is 5.26 Å². The van der Waals surface area contributed by atoms with E-state index in [1.54, 1.807) is 0 Å². The van der Waals surface area contributed by atoms with Crippen LogP contribution in [0.1, 0.15) is 37.0 Å². The molecule has 18 heavy (non-hydrogen) atoms. The summed E-state index contributed by atoms with van der Waals surface area (Å²) in [6.45, 7) is 3.65. The Kier molecular flexibility index (Phi) is 3.79. The Labute approximate surface area is 115 Å². The third-order valence-corrected chi connectivity index (χ3v) is 4.61. The molecular formula is C13H14N2OS2. The summed E-state index contributed by atoms with van der Waals surface area (Å²) in [4.78, 5) is 11.2. The number of nitriles is 1. The minimum absolute atomic E-state index is 0.165. The van der Waals surface area contributed by atoms with E-state index in [0.29, 0.717) is 16.5 Å². The van der Waals surface area contributed by atoms with E-state index in [2.05, 4.69) is 18.3 Å². The highest BCUT2D eigenvalue weighted by Gasteiger charge is 2.22. The van der Waals surface area contributed by atoms with Gasteiger partial charge in [-0.15, -0.1) is 11.3 Å². The average Bonchev–Trinajstić information content (AvgIpc) is 2.29. The number of fused-ring (bicyclic) bond motifs is 1. The normalized spacial score (nSPS) is 17.7. The van der Waals surface area contributed by atoms with E-state index < -0.39 is 0 Å². The molecule has 1 atom stereocenters. The molecule has 3 nitrogen and oxygen atoms in total. The molecule has 1 N–H and O–H groups in total. The molecular weight excluding hydrogens is 264 g/mol. The Balaban J connectivity index is 2.61. The number of nitrogens with zero attached hydrogens (tertiary/aromatic N) is 1. The lowest BCUT2D eigenvalue weighted by molar-refractivity contribution is -0.114. The summed E-state index contributed by atoms with van der Waals surface area (Å²) in [6, 6.07) is 2.22. The quantitative estimate of drug-likeness (QED) is 0.801. The molecule has 2 rings (SSSR count). The summed E-state index contributed by atoms with van der Waals surface area (Å²) in [5, 5.41) is 12.6. The first kappa shape index (κ1) is 13.2. The first-order valence-corrected chi connectivity index (χ1v) is 7.12. The van der Waals surface area contributed by atoms with Crippen molar-refractivity contribution in [3.05, 3.63) is 20.5 Å². The van der Waals surface area contributed by atoms with Crippen molar-refractivity contribution in [3.63, 3.8) is 0 Å². The summed E-state index contributed by atoms with van der Waals surface area (Å²) >= 11 is 6.73. The van der Waals surface area contributed by atoms with Gasteiger partial charge in [-0.3, -0.25) is 4.79 Å². The molecule has 0 aliphatic heterocycles. The molecule has 1 aliphatic carbocycles. The molecule has 0 fully saturated rings. The first-order chi connectivity index (χ1) is 8.52. The molecule has 0 saturated carbocycles. The Hall–Kier alpha value is -1.25. The van der Waals surface area contributed by atoms with E-state index in [-0.39, 0.29) is 5.91 Å². The molecule has 0 radical (unpaired) electrons. The second-order valence-electron chi connectivity index (χ2n) is 4.69. The molecule has 1 aromatic rings. The smallest absolute Gasteiger partial charge is 0.221 e. The predicted molar refractivity (Wildman–Crippen MR) is 75.4 cm³/mol. The van der Waals surface area contributed by atoms with E-state index in [9.17, 15) is 10.1 Å². The summed E-state index contributed by atoms with van der Waals surface area (Å²) in [5.41, 5.74) is 2.79. The molecule has 0 aromatic carbocycles. The van der Waals surface area contributed by atoms with Crippen LogP contribution in [0.25, 0.3) is 0 Å². The van der Waals surface area contributed by atoms with E-state index in [4.69, 9.17) is 12.2 Å². The van der Waals surface area contributed by atoms with Crippen molar-refractivity contribution in [1.29, 1.82) is 5.26 Å². The number of hydrogen-bond acceptors (Lipinski definition) is 4. The van der Waals surface area contributed by atoms with Crippen molar-refractivity contribution >= 4 is 34.5 Å². The molecule has 1 aromatic heterocycles. The van der Waals surface area contributed by atoms with Crippen molar-refractivity contribution in [2.45, 2.75) is 33.1 Å². The summed E-state index contributed by atoms with van der Waals surface area (Å²) in [7, 11) is 0. The van der Waals surface area contributed by atoms with E-state index in [1.807, 2.05) is 0 Å². The topological polar surface area (TPSA) is 52.9 Å². The lowest BCUT2D eigenvalue weighted by atomic mass is 9.85. The maximum absolute atomic E-state index is 11.2. The van der Waals surface area contributed by atoms with Gasteiger partial charge < -0.3 is 5.32 Å². The first-order valence-electron chi connectivity index (χ1n) is 5.89. The Bertz CT molecular complexity index is 598. The second kappa shape index (κ2) is 5.17. The minimum atomic E-state index is -0.165. The maximum atomic E-state index is 11.2. The highest BCUT2D eigenvalue weighted by atomic mass is 32.1. The molecule has 1 unspecified atom stereocenters. The number of rotatable bonds is 1. The molecule has 1 amide bonds. The van der Waals surface area contributed by atoms with Crippen LogP contribution in [0.5, 0.6) is 0 Å². The second-order valence-corrected chi connectivity index (χ2v) is 6.38. The molecule has 1 heterocycles. The van der Waals surface area contributed by atoms with Crippen LogP contribution in [0, 0.1) is 21.1 Å². The molecule has 0 saturated heterocycles. The molecule has 0 bridgehead atoms. The van der Waals surface area contributed by atoms with Crippen LogP contribution in [0.2, 0.25) is 0 Å². The number of carbonyl (C=O) groups excluding carboxylic acids is 1. The average molecular weight is 278 g/mol. The Morgan fingerprint density at radius 2 is 2.28 bits per heavy atom. The van der Waals surface area contributed by atoms with Gasteiger partial charge >= 0.3 is 0 Å². The number of anilines is 1. The Morgan fingerprint density at radius 3 is 2.89 bits per heavy atom. The van der Waals surface area contributed by atoms with Gasteiger partial charge in [0.2, 0.25) is 5.91 Å². The van der Waals surface area contributed by atoms with Crippen LogP contribution in [0.3, 0.4) is 0 Å². The maximum Gasteiger partial charge on any atom is 0.221 e. The summed E-state index contributed by atoms with van der Waals surface area (Å²) < 4.78 is 0.805. The largest absolute Gasteiger partial charge is 0.317 e. The van der Waals surface area contributed by atoms with Gasteiger partial charge in [0.05, 0.1) is 9.39 Å². The molecule has 5 heteroatoms. The highest BCUT2D eigenvalue weighted by Crippen LogP contribution is 2.35. The summed E-state index contributed by atoms with van der Waals surface area (Å²) in [5.74, 6) is 0.450. The van der Waals surface area contributed by atoms with E-state index in [1.165, 1.54) is 18.3 Å². The fraction of sp³-hybridized carbons (Fsp3) is 0.462. The van der Waals surface area contributed by atoms with Crippen molar-refractivity contribution in [2.24, 2.45) is 5.92 Å². The van der Waals surface area contributed by atoms with Gasteiger partial charge in [0.15, 0.2) is 0 Å². The monoisotopic (exact) mass is 278 g/mol. The van der Waals surface area contributed by atoms with Gasteiger partial charge in [0.25, 0.3) is 0 Å². The zero-order chi connectivity index (χ0) is 13.3. The van der Waals surface area contributed by atoms with Gasteiger partial charge in [-0.05, 0) is 36.3 Å². The third kappa shape index (κ3) is 2.45. The number of carbonyl (C=O) groups is 1. The van der Waals surface area contributed by atoms with Gasteiger partial charge in [0, 0.05) is 6.92 Å². The predicted octanol–water partition coefficient (Wildman–Crippen LogP) is 3.43. The molecule has 94 valence electrons. The minimum Gasteiger partial charge on any atom is -0.317 e. The van der Waals surface area contributed by atoms with Crippen LogP contribution >= 0.6 is 23.6 Å². The zero-order valence-corrected chi connectivity index (χ0v) is 12.0. The van der Waals surface area contributed by atoms with Crippen molar-refractivity contribution in [1.82, 2.24) is 0 Å². The number of nitrogens with one attached hydrogen (secondary N) is 1. The van der Waals surface area contributed by atoms with Gasteiger partial charge in [-0.25, -0.2) is 0 Å². The lowest BCUT2D eigenvalue weighted by Gasteiger charge is -2.23.